The van der Waals surface area contributed by atoms with Crippen molar-refractivity contribution in [3.8, 4) is 0 Å². The maximum absolute atomic E-state index is 3.15. The van der Waals surface area contributed by atoms with Crippen molar-refractivity contribution in [1.29, 1.82) is 0 Å². The molecule has 0 radical (unpaired) electrons. The van der Waals surface area contributed by atoms with E-state index in [1.807, 2.05) is 12.1 Å². The Kier molecular flexibility index (Phi) is 14.9. The Balaban J connectivity index is 0.000000415. The molecule has 0 saturated carbocycles. The normalized spacial score (nSPS) is 12.9. The smallest absolute Gasteiger partial charge is 0.0623 e. The Morgan fingerprint density at radius 1 is 0.679 bits per heavy atom. The van der Waals surface area contributed by atoms with Crippen LogP contribution in [0.25, 0.3) is 11.1 Å². The van der Waals surface area contributed by atoms with Gasteiger partial charge in [-0.2, -0.15) is 23.3 Å². The molecule has 2 aliphatic carbocycles. The molecule has 2 aromatic rings. The predicted octanol–water partition coefficient (Wildman–Crippen LogP) is 0.420. The first-order chi connectivity index (χ1) is 12.7. The maximum Gasteiger partial charge on any atom is -0.0623 e. The van der Waals surface area contributed by atoms with Gasteiger partial charge in [-0.25, -0.2) is 12.2 Å². The van der Waals surface area contributed by atoms with Gasteiger partial charge in [0.2, 0.25) is 0 Å². The minimum Gasteiger partial charge on any atom is -1.00 e. The van der Waals surface area contributed by atoms with E-state index in [0.29, 0.717) is 0 Å². The van der Waals surface area contributed by atoms with Crippen LogP contribution in [0.15, 0.2) is 85.0 Å². The van der Waals surface area contributed by atoms with Gasteiger partial charge >= 0.3 is 41.0 Å². The van der Waals surface area contributed by atoms with Crippen molar-refractivity contribution in [1.82, 2.24) is 0 Å². The van der Waals surface area contributed by atoms with Crippen LogP contribution in [0.2, 0.25) is 0 Å². The Morgan fingerprint density at radius 3 is 1.25 bits per heavy atom. The van der Waals surface area contributed by atoms with E-state index in [4.69, 9.17) is 0 Å². The number of hydrogen-bond acceptors (Lipinski definition) is 0. The van der Waals surface area contributed by atoms with E-state index in [0.717, 1.165) is 12.8 Å². The van der Waals surface area contributed by atoms with Gasteiger partial charge in [0.1, 0.15) is 0 Å². The van der Waals surface area contributed by atoms with Crippen LogP contribution in [0.5, 0.6) is 0 Å². The van der Waals surface area contributed by atoms with Crippen LogP contribution < -0.4 is 24.8 Å². The van der Waals surface area contributed by atoms with E-state index in [1.165, 1.54) is 46.2 Å². The van der Waals surface area contributed by atoms with E-state index >= 15 is 0 Å². The van der Waals surface area contributed by atoms with E-state index in [9.17, 15) is 0 Å². The number of halogens is 2. The molecule has 0 N–H and O–H groups in total. The molecule has 0 atom stereocenters. The average molecular weight is 574 g/mol. The van der Waals surface area contributed by atoms with Gasteiger partial charge in [0.05, 0.1) is 0 Å². The molecule has 0 bridgehead atoms. The molecule has 0 unspecified atom stereocenters. The summed E-state index contributed by atoms with van der Waals surface area (Å²) in [6.45, 7) is 4.29. The van der Waals surface area contributed by atoms with Crippen molar-refractivity contribution in [3.63, 3.8) is 0 Å². The molecule has 4 rings (SSSR count). The van der Waals surface area contributed by atoms with E-state index in [-0.39, 0.29) is 24.8 Å². The van der Waals surface area contributed by atoms with Crippen molar-refractivity contribution < 1.29 is 48.7 Å². The molecule has 2 aromatic carbocycles. The average Bonchev–Trinajstić information content (AvgIpc) is 3.37. The number of rotatable bonds is 2. The molecule has 0 nitrogen and oxygen atoms in total. The molecule has 0 aliphatic heterocycles. The van der Waals surface area contributed by atoms with Crippen molar-refractivity contribution in [2.45, 2.75) is 26.7 Å². The summed E-state index contributed by atoms with van der Waals surface area (Å²) in [7, 11) is 0. The third-order valence-electron chi connectivity index (χ3n) is 3.61. The second-order valence-corrected chi connectivity index (χ2v) is 9.75. The summed E-state index contributed by atoms with van der Waals surface area (Å²) in [5.74, 6) is 0. The minimum absolute atomic E-state index is 0. The van der Waals surface area contributed by atoms with E-state index < -0.39 is 0 Å². The van der Waals surface area contributed by atoms with Gasteiger partial charge in [-0.05, 0) is 0 Å². The van der Waals surface area contributed by atoms with E-state index in [2.05, 4.69) is 98.8 Å². The summed E-state index contributed by atoms with van der Waals surface area (Å²) in [6, 6.07) is 20.8. The molecule has 0 amide bonds. The first-order valence-electron chi connectivity index (χ1n) is 8.83. The fourth-order valence-electron chi connectivity index (χ4n) is 2.46. The van der Waals surface area contributed by atoms with Crippen LogP contribution in [-0.4, -0.2) is 3.26 Å². The third kappa shape index (κ3) is 10.3. The molecule has 0 fully saturated rings. The van der Waals surface area contributed by atoms with Crippen LogP contribution in [0.4, 0.5) is 0 Å². The van der Waals surface area contributed by atoms with Crippen LogP contribution >= 0.6 is 0 Å². The summed E-state index contributed by atoms with van der Waals surface area (Å²) in [4.78, 5) is 0. The predicted molar refractivity (Wildman–Crippen MR) is 110 cm³/mol. The van der Waals surface area contributed by atoms with Gasteiger partial charge in [0, 0.05) is 0 Å². The number of benzene rings is 2. The van der Waals surface area contributed by atoms with Gasteiger partial charge in [-0.1, -0.05) is 60.7 Å². The molecular weight excluding hydrogens is 550 g/mol. The summed E-state index contributed by atoms with van der Waals surface area (Å²) < 4.78 is 1.56. The van der Waals surface area contributed by atoms with Gasteiger partial charge in [-0.15, -0.1) is 24.0 Å². The zero-order valence-corrected chi connectivity index (χ0v) is 21.4. The summed E-state index contributed by atoms with van der Waals surface area (Å²) >= 11 is 1.27. The summed E-state index contributed by atoms with van der Waals surface area (Å²) in [5, 5.41) is 0. The molecule has 144 valence electrons. The van der Waals surface area contributed by atoms with E-state index in [1.54, 1.807) is 3.26 Å². The van der Waals surface area contributed by atoms with Crippen molar-refractivity contribution in [3.05, 3.63) is 108 Å². The van der Waals surface area contributed by atoms with Gasteiger partial charge in [0.25, 0.3) is 0 Å². The first kappa shape index (κ1) is 26.7. The van der Waals surface area contributed by atoms with Gasteiger partial charge in [0.15, 0.2) is 0 Å². The SMILES string of the molecule is C[C](C)=[Hf+2].[C-]1=CC(c2ccccc2)=CC1.[C-]1=CC(c2ccccc2)=CC1.[Cl-].[Cl-]. The molecule has 0 heterocycles. The summed E-state index contributed by atoms with van der Waals surface area (Å²) in [5.41, 5.74) is 5.17. The Bertz CT molecular complexity index is 747. The minimum atomic E-state index is 0. The zero-order valence-electron chi connectivity index (χ0n) is 16.3. The molecule has 28 heavy (non-hydrogen) atoms. The van der Waals surface area contributed by atoms with Gasteiger partial charge in [-0.3, -0.25) is 12.2 Å². The van der Waals surface area contributed by atoms with Crippen molar-refractivity contribution in [2.24, 2.45) is 0 Å². The fourth-order valence-corrected chi connectivity index (χ4v) is 2.46. The molecule has 0 aromatic heterocycles. The van der Waals surface area contributed by atoms with Crippen LogP contribution in [0, 0.1) is 12.2 Å². The second kappa shape index (κ2) is 15.6. The fraction of sp³-hybridized carbons (Fsp3) is 0.160. The molecule has 2 aliphatic rings. The molecule has 0 spiro atoms. The Hall–Kier alpha value is -1.28. The Labute approximate surface area is 197 Å². The zero-order chi connectivity index (χ0) is 18.6. The molecule has 3 heteroatoms. The standard InChI is InChI=1S/2C11H9.C3H6.2ClH.Hf/c2*1-2-6-10(7-3-1)11-8-4-5-9-11;1-3-2;;;/h2*1-3,6-9H,4H2;1-2H3;2*1H;/q2*-1;;;;+2/p-2. The maximum atomic E-state index is 3.15. The van der Waals surface area contributed by atoms with Crippen LogP contribution in [0.3, 0.4) is 0 Å². The van der Waals surface area contributed by atoms with Crippen LogP contribution in [0.1, 0.15) is 37.8 Å². The third-order valence-corrected chi connectivity index (χ3v) is 3.61. The topological polar surface area (TPSA) is 0 Å². The second-order valence-electron chi connectivity index (χ2n) is 6.16. The monoisotopic (exact) mass is 574 g/mol. The number of allylic oxidation sites excluding steroid dienone is 8. The van der Waals surface area contributed by atoms with Crippen molar-refractivity contribution in [2.75, 3.05) is 0 Å². The summed E-state index contributed by atoms with van der Waals surface area (Å²) in [6.07, 6.45) is 16.7. The van der Waals surface area contributed by atoms with Crippen molar-refractivity contribution >= 4 is 14.4 Å². The first-order valence-corrected chi connectivity index (χ1v) is 10.6. The molecule has 0 saturated heterocycles. The molecular formula is C25H24Cl2Hf-2. The van der Waals surface area contributed by atoms with Gasteiger partial charge < -0.3 is 24.8 Å². The number of hydrogen-bond donors (Lipinski definition) is 0. The Morgan fingerprint density at radius 2 is 1.00 bits per heavy atom. The van der Waals surface area contributed by atoms with Crippen LogP contribution in [-0.2, 0) is 23.9 Å². The largest absolute Gasteiger partial charge is 1.00 e. The quantitative estimate of drug-likeness (QED) is 0.361.